The van der Waals surface area contributed by atoms with E-state index in [2.05, 4.69) is 48.5 Å². The minimum Gasteiger partial charge on any atom is -0.462 e. The maximum absolute atomic E-state index is 12.9. The molecule has 2 nitrogen and oxygen atoms in total. The Morgan fingerprint density at radius 3 is 1.82 bits per heavy atom. The van der Waals surface area contributed by atoms with E-state index in [0.717, 1.165) is 31.6 Å². The summed E-state index contributed by atoms with van der Waals surface area (Å²) in [5.74, 6) is 1.30. The molecule has 0 radical (unpaired) electrons. The number of esters is 1. The molecule has 2 atom stereocenters. The zero-order valence-electron chi connectivity index (χ0n) is 15.8. The van der Waals surface area contributed by atoms with E-state index < -0.39 is 0 Å². The van der Waals surface area contributed by atoms with Crippen molar-refractivity contribution >= 4 is 5.97 Å². The van der Waals surface area contributed by atoms with Crippen LogP contribution >= 0.6 is 0 Å². The summed E-state index contributed by atoms with van der Waals surface area (Å²) >= 11 is 0. The highest BCUT2D eigenvalue weighted by Crippen LogP contribution is 2.58. The number of hydrogen-bond donors (Lipinski definition) is 0. The predicted octanol–water partition coefficient (Wildman–Crippen LogP) is 5.60. The second kappa shape index (κ2) is 5.83. The summed E-state index contributed by atoms with van der Waals surface area (Å²) in [6.45, 7) is 15.8. The lowest BCUT2D eigenvalue weighted by Gasteiger charge is -2.54. The zero-order valence-corrected chi connectivity index (χ0v) is 15.8. The fourth-order valence-corrected chi connectivity index (χ4v) is 4.75. The van der Waals surface area contributed by atoms with Gasteiger partial charge in [0.1, 0.15) is 6.10 Å². The summed E-state index contributed by atoms with van der Waals surface area (Å²) in [4.78, 5) is 12.9. The van der Waals surface area contributed by atoms with Crippen LogP contribution < -0.4 is 0 Å². The van der Waals surface area contributed by atoms with Crippen molar-refractivity contribution in [2.45, 2.75) is 93.1 Å². The van der Waals surface area contributed by atoms with E-state index in [1.165, 1.54) is 12.8 Å². The van der Waals surface area contributed by atoms with Crippen LogP contribution in [-0.2, 0) is 9.53 Å². The van der Waals surface area contributed by atoms with Gasteiger partial charge in [0.05, 0.1) is 5.41 Å². The van der Waals surface area contributed by atoms with Crippen molar-refractivity contribution in [1.82, 2.24) is 0 Å². The molecule has 0 heterocycles. The van der Waals surface area contributed by atoms with E-state index in [1.807, 2.05) is 0 Å². The normalized spacial score (nSPS) is 36.6. The Morgan fingerprint density at radius 1 is 0.955 bits per heavy atom. The molecule has 2 unspecified atom stereocenters. The molecule has 0 amide bonds. The van der Waals surface area contributed by atoms with Gasteiger partial charge in [-0.05, 0) is 61.2 Å². The summed E-state index contributed by atoms with van der Waals surface area (Å²) < 4.78 is 6.02. The zero-order chi connectivity index (χ0) is 16.8. The molecule has 2 aliphatic carbocycles. The Bertz CT molecular complexity index is 404. The van der Waals surface area contributed by atoms with Crippen LogP contribution in [0.25, 0.3) is 0 Å². The van der Waals surface area contributed by atoms with E-state index in [-0.39, 0.29) is 22.9 Å². The van der Waals surface area contributed by atoms with Gasteiger partial charge in [-0.25, -0.2) is 0 Å². The molecule has 2 aliphatic rings. The minimum absolute atomic E-state index is 0.00956. The van der Waals surface area contributed by atoms with Gasteiger partial charge in [-0.1, -0.05) is 48.5 Å². The lowest BCUT2D eigenvalue weighted by Crippen LogP contribution is -2.55. The fraction of sp³-hybridized carbons (Fsp3) is 0.950. The van der Waals surface area contributed by atoms with Crippen LogP contribution in [0, 0.1) is 28.1 Å². The Balaban J connectivity index is 1.96. The fourth-order valence-electron chi connectivity index (χ4n) is 4.75. The molecule has 0 aliphatic heterocycles. The average Bonchev–Trinajstić information content (AvgIpc) is 2.35. The summed E-state index contributed by atoms with van der Waals surface area (Å²) in [7, 11) is 0. The van der Waals surface area contributed by atoms with Gasteiger partial charge in [0.15, 0.2) is 0 Å². The van der Waals surface area contributed by atoms with E-state index in [9.17, 15) is 4.79 Å². The second-order valence-corrected chi connectivity index (χ2v) is 9.91. The highest BCUT2D eigenvalue weighted by molar-refractivity contribution is 5.79. The molecule has 128 valence electrons. The van der Waals surface area contributed by atoms with Gasteiger partial charge in [0.2, 0.25) is 0 Å². The van der Waals surface area contributed by atoms with Gasteiger partial charge in [0.25, 0.3) is 0 Å². The molecule has 0 bridgehead atoms. The van der Waals surface area contributed by atoms with Crippen LogP contribution in [0.5, 0.6) is 0 Å². The summed E-state index contributed by atoms with van der Waals surface area (Å²) in [6.07, 6.45) is 6.78. The van der Waals surface area contributed by atoms with Crippen molar-refractivity contribution in [3.05, 3.63) is 0 Å². The molecule has 0 spiro atoms. The van der Waals surface area contributed by atoms with Gasteiger partial charge >= 0.3 is 5.97 Å². The predicted molar refractivity (Wildman–Crippen MR) is 91.6 cm³/mol. The molecule has 0 aromatic heterocycles. The molecule has 2 fully saturated rings. The largest absolute Gasteiger partial charge is 0.462 e. The first kappa shape index (κ1) is 17.8. The monoisotopic (exact) mass is 308 g/mol. The van der Waals surface area contributed by atoms with E-state index in [1.54, 1.807) is 0 Å². The molecule has 0 N–H and O–H groups in total. The van der Waals surface area contributed by atoms with Crippen LogP contribution in [0.1, 0.15) is 87.0 Å². The first-order chi connectivity index (χ1) is 9.98. The lowest BCUT2D eigenvalue weighted by molar-refractivity contribution is -0.189. The number of carbonyl (C=O) groups is 1. The molecular weight excluding hydrogens is 272 g/mol. The Labute approximate surface area is 137 Å². The van der Waals surface area contributed by atoms with Gasteiger partial charge in [-0.3, -0.25) is 4.79 Å². The van der Waals surface area contributed by atoms with Crippen molar-refractivity contribution in [1.29, 1.82) is 0 Å². The quantitative estimate of drug-likeness (QED) is 0.621. The van der Waals surface area contributed by atoms with Gasteiger partial charge in [-0.15, -0.1) is 0 Å². The Kier molecular flexibility index (Phi) is 4.73. The molecule has 2 rings (SSSR count). The Morgan fingerprint density at radius 2 is 1.50 bits per heavy atom. The highest BCUT2D eigenvalue weighted by atomic mass is 16.5. The van der Waals surface area contributed by atoms with E-state index in [0.29, 0.717) is 11.3 Å². The standard InChI is InChI=1S/C20H36O2/c1-14-12-13-20(14,19(5,6)7)17(21)22-16-10-8-15(9-11-16)18(2,3)4/h14-16H,8-13H2,1-7H3. The van der Waals surface area contributed by atoms with Crippen LogP contribution in [0.2, 0.25) is 0 Å². The van der Waals surface area contributed by atoms with Crippen molar-refractivity contribution in [2.75, 3.05) is 0 Å². The third-order valence-electron chi connectivity index (χ3n) is 6.69. The smallest absolute Gasteiger partial charge is 0.313 e. The maximum Gasteiger partial charge on any atom is 0.313 e. The van der Waals surface area contributed by atoms with Gasteiger partial charge < -0.3 is 4.74 Å². The van der Waals surface area contributed by atoms with Crippen LogP contribution in [0.3, 0.4) is 0 Å². The first-order valence-electron chi connectivity index (χ1n) is 9.19. The van der Waals surface area contributed by atoms with E-state index >= 15 is 0 Å². The third kappa shape index (κ3) is 3.08. The molecule has 2 heteroatoms. The summed E-state index contributed by atoms with van der Waals surface area (Å²) in [5, 5.41) is 0. The number of hydrogen-bond acceptors (Lipinski definition) is 2. The minimum atomic E-state index is -0.256. The van der Waals surface area contributed by atoms with Gasteiger partial charge in [-0.2, -0.15) is 0 Å². The molecule has 0 saturated heterocycles. The number of carbonyl (C=O) groups excluding carboxylic acids is 1. The number of rotatable bonds is 2. The van der Waals surface area contributed by atoms with Crippen molar-refractivity contribution < 1.29 is 9.53 Å². The maximum atomic E-state index is 12.9. The van der Waals surface area contributed by atoms with Crippen molar-refractivity contribution in [3.63, 3.8) is 0 Å². The number of ether oxygens (including phenoxy) is 1. The lowest BCUT2D eigenvalue weighted by atomic mass is 9.49. The molecule has 22 heavy (non-hydrogen) atoms. The topological polar surface area (TPSA) is 26.3 Å². The first-order valence-corrected chi connectivity index (χ1v) is 9.19. The van der Waals surface area contributed by atoms with Crippen LogP contribution in [0.4, 0.5) is 0 Å². The third-order valence-corrected chi connectivity index (χ3v) is 6.69. The summed E-state index contributed by atoms with van der Waals surface area (Å²) in [6, 6.07) is 0. The highest BCUT2D eigenvalue weighted by Gasteiger charge is 2.59. The van der Waals surface area contributed by atoms with Crippen molar-refractivity contribution in [3.8, 4) is 0 Å². The van der Waals surface area contributed by atoms with Crippen LogP contribution in [-0.4, -0.2) is 12.1 Å². The molecule has 2 saturated carbocycles. The Hall–Kier alpha value is -0.530. The SMILES string of the molecule is CC1CCC1(C(=O)OC1CCC(C(C)(C)C)CC1)C(C)(C)C. The average molecular weight is 309 g/mol. The summed E-state index contributed by atoms with van der Waals surface area (Å²) in [5.41, 5.74) is 0.113. The molecule has 0 aromatic rings. The van der Waals surface area contributed by atoms with Gasteiger partial charge in [0, 0.05) is 0 Å². The van der Waals surface area contributed by atoms with Crippen LogP contribution in [0.15, 0.2) is 0 Å². The van der Waals surface area contributed by atoms with E-state index in [4.69, 9.17) is 4.74 Å². The molecular formula is C20H36O2. The van der Waals surface area contributed by atoms with Crippen molar-refractivity contribution in [2.24, 2.45) is 28.1 Å². The second-order valence-electron chi connectivity index (χ2n) is 9.91. The molecule has 0 aromatic carbocycles.